The maximum Gasteiger partial charge on any atom is 0.0546 e. The van der Waals surface area contributed by atoms with Crippen LogP contribution in [0.4, 0.5) is 0 Å². The first-order chi connectivity index (χ1) is 7.05. The van der Waals surface area contributed by atoms with Gasteiger partial charge in [0.1, 0.15) is 0 Å². The zero-order valence-electron chi connectivity index (χ0n) is 9.74. The maximum atomic E-state index is 11.6. The molecule has 0 amide bonds. The molecule has 0 heterocycles. The SMILES string of the molecule is CC1(C)[C@H]2CC[C@@H](CS(=O)CCO)[C@@H]1C2. The largest absolute Gasteiger partial charge is 0.395 e. The lowest BCUT2D eigenvalue weighted by Gasteiger charge is -2.60. The Morgan fingerprint density at radius 1 is 1.40 bits per heavy atom. The first-order valence-electron chi connectivity index (χ1n) is 6.01. The summed E-state index contributed by atoms with van der Waals surface area (Å²) in [6.45, 7) is 4.80. The number of hydrogen-bond donors (Lipinski definition) is 1. The van der Waals surface area contributed by atoms with Crippen molar-refractivity contribution in [3.8, 4) is 0 Å². The van der Waals surface area contributed by atoms with E-state index in [1.165, 1.54) is 19.3 Å². The van der Waals surface area contributed by atoms with Crippen LogP contribution in [0.5, 0.6) is 0 Å². The quantitative estimate of drug-likeness (QED) is 0.799. The molecule has 3 fully saturated rings. The van der Waals surface area contributed by atoms with E-state index in [0.29, 0.717) is 17.1 Å². The molecule has 0 aromatic heterocycles. The lowest BCUT2D eigenvalue weighted by Crippen LogP contribution is -2.53. The molecule has 2 bridgehead atoms. The summed E-state index contributed by atoms with van der Waals surface area (Å²) in [5, 5.41) is 8.75. The third kappa shape index (κ3) is 2.01. The van der Waals surface area contributed by atoms with Crippen molar-refractivity contribution < 1.29 is 9.32 Å². The Bertz CT molecular complexity index is 260. The van der Waals surface area contributed by atoms with Crippen LogP contribution < -0.4 is 0 Å². The summed E-state index contributed by atoms with van der Waals surface area (Å²) < 4.78 is 11.6. The van der Waals surface area contributed by atoms with Gasteiger partial charge in [-0.15, -0.1) is 0 Å². The summed E-state index contributed by atoms with van der Waals surface area (Å²) in [6, 6.07) is 0. The summed E-state index contributed by atoms with van der Waals surface area (Å²) in [7, 11) is -0.797. The lowest BCUT2D eigenvalue weighted by molar-refractivity contribution is -0.0975. The lowest BCUT2D eigenvalue weighted by atomic mass is 9.46. The zero-order chi connectivity index (χ0) is 11.1. The van der Waals surface area contributed by atoms with Gasteiger partial charge in [0.05, 0.1) is 6.61 Å². The van der Waals surface area contributed by atoms with E-state index < -0.39 is 10.8 Å². The molecule has 0 aliphatic heterocycles. The van der Waals surface area contributed by atoms with Crippen molar-refractivity contribution in [2.75, 3.05) is 18.1 Å². The highest BCUT2D eigenvalue weighted by Gasteiger charge is 2.54. The van der Waals surface area contributed by atoms with E-state index >= 15 is 0 Å². The Kier molecular flexibility index (Phi) is 3.22. The van der Waals surface area contributed by atoms with E-state index in [0.717, 1.165) is 17.6 Å². The van der Waals surface area contributed by atoms with Crippen LogP contribution in [-0.2, 0) is 10.8 Å². The summed E-state index contributed by atoms with van der Waals surface area (Å²) in [5.74, 6) is 3.65. The van der Waals surface area contributed by atoms with Gasteiger partial charge in [-0.25, -0.2) is 0 Å². The number of hydrogen-bond acceptors (Lipinski definition) is 2. The molecule has 0 aromatic rings. The molecule has 0 aromatic carbocycles. The summed E-state index contributed by atoms with van der Waals surface area (Å²) >= 11 is 0. The maximum absolute atomic E-state index is 11.6. The minimum Gasteiger partial charge on any atom is -0.395 e. The summed E-state index contributed by atoms with van der Waals surface area (Å²) in [6.07, 6.45) is 3.94. The second kappa shape index (κ2) is 4.17. The minimum absolute atomic E-state index is 0.0655. The van der Waals surface area contributed by atoms with Gasteiger partial charge < -0.3 is 5.11 Å². The van der Waals surface area contributed by atoms with Gasteiger partial charge in [-0.3, -0.25) is 4.21 Å². The fourth-order valence-electron chi connectivity index (χ4n) is 3.59. The topological polar surface area (TPSA) is 37.3 Å². The standard InChI is InChI=1S/C12H22O2S/c1-12(2)10-4-3-9(11(12)7-10)8-15(14)6-5-13/h9-11,13H,3-8H2,1-2H3/t9-,10-,11-,15?/m0/s1. The molecule has 15 heavy (non-hydrogen) atoms. The van der Waals surface area contributed by atoms with Gasteiger partial charge in [0.2, 0.25) is 0 Å². The van der Waals surface area contributed by atoms with Crippen molar-refractivity contribution in [1.82, 2.24) is 0 Å². The van der Waals surface area contributed by atoms with Crippen molar-refractivity contribution >= 4 is 10.8 Å². The molecule has 3 aliphatic rings. The minimum atomic E-state index is -0.797. The average Bonchev–Trinajstić information content (AvgIpc) is 2.17. The Labute approximate surface area is 94.9 Å². The predicted molar refractivity (Wildman–Crippen MR) is 63.1 cm³/mol. The number of aliphatic hydroxyl groups excluding tert-OH is 1. The van der Waals surface area contributed by atoms with Gasteiger partial charge in [0.25, 0.3) is 0 Å². The van der Waals surface area contributed by atoms with Gasteiger partial charge >= 0.3 is 0 Å². The Balaban J connectivity index is 1.91. The third-order valence-electron chi connectivity index (χ3n) is 4.72. The van der Waals surface area contributed by atoms with Crippen LogP contribution >= 0.6 is 0 Å². The van der Waals surface area contributed by atoms with E-state index in [-0.39, 0.29) is 6.61 Å². The smallest absolute Gasteiger partial charge is 0.0546 e. The van der Waals surface area contributed by atoms with E-state index in [9.17, 15) is 4.21 Å². The van der Waals surface area contributed by atoms with Gasteiger partial charge in [0.15, 0.2) is 0 Å². The molecule has 3 aliphatic carbocycles. The van der Waals surface area contributed by atoms with Crippen molar-refractivity contribution in [2.45, 2.75) is 33.1 Å². The molecule has 1 N–H and O–H groups in total. The molecule has 0 spiro atoms. The average molecular weight is 230 g/mol. The fourth-order valence-corrected chi connectivity index (χ4v) is 4.83. The van der Waals surface area contributed by atoms with Crippen LogP contribution in [0.15, 0.2) is 0 Å². The van der Waals surface area contributed by atoms with Crippen molar-refractivity contribution in [3.05, 3.63) is 0 Å². The van der Waals surface area contributed by atoms with Crippen molar-refractivity contribution in [2.24, 2.45) is 23.2 Å². The first-order valence-corrected chi connectivity index (χ1v) is 7.50. The monoisotopic (exact) mass is 230 g/mol. The van der Waals surface area contributed by atoms with Crippen LogP contribution in [0.3, 0.4) is 0 Å². The number of fused-ring (bicyclic) bond motifs is 2. The zero-order valence-corrected chi connectivity index (χ0v) is 10.6. The Hall–Kier alpha value is 0.110. The predicted octanol–water partition coefficient (Wildman–Crippen LogP) is 1.80. The third-order valence-corrected chi connectivity index (χ3v) is 6.16. The van der Waals surface area contributed by atoms with Crippen LogP contribution in [0.25, 0.3) is 0 Å². The van der Waals surface area contributed by atoms with Gasteiger partial charge in [0, 0.05) is 22.3 Å². The second-order valence-electron chi connectivity index (χ2n) is 5.73. The van der Waals surface area contributed by atoms with E-state index in [2.05, 4.69) is 13.8 Å². The molecule has 0 radical (unpaired) electrons. The highest BCUT2D eigenvalue weighted by Crippen LogP contribution is 2.61. The van der Waals surface area contributed by atoms with Crippen LogP contribution in [0.2, 0.25) is 0 Å². The van der Waals surface area contributed by atoms with Crippen molar-refractivity contribution in [3.63, 3.8) is 0 Å². The molecule has 3 saturated carbocycles. The first kappa shape index (κ1) is 11.6. The summed E-state index contributed by atoms with van der Waals surface area (Å²) in [5.41, 5.74) is 0.492. The number of aliphatic hydroxyl groups is 1. The van der Waals surface area contributed by atoms with E-state index in [1.54, 1.807) is 0 Å². The second-order valence-corrected chi connectivity index (χ2v) is 7.35. The molecule has 1 unspecified atom stereocenters. The van der Waals surface area contributed by atoms with Crippen LogP contribution in [-0.4, -0.2) is 27.4 Å². The van der Waals surface area contributed by atoms with Crippen LogP contribution in [0, 0.1) is 23.2 Å². The highest BCUT2D eigenvalue weighted by molar-refractivity contribution is 7.85. The summed E-state index contributed by atoms with van der Waals surface area (Å²) in [4.78, 5) is 0. The molecular formula is C12H22O2S. The molecule has 4 atom stereocenters. The molecule has 88 valence electrons. The Morgan fingerprint density at radius 3 is 2.67 bits per heavy atom. The van der Waals surface area contributed by atoms with Crippen LogP contribution in [0.1, 0.15) is 33.1 Å². The van der Waals surface area contributed by atoms with Gasteiger partial charge in [-0.1, -0.05) is 13.8 Å². The fraction of sp³-hybridized carbons (Fsp3) is 1.00. The van der Waals surface area contributed by atoms with Gasteiger partial charge in [-0.05, 0) is 42.4 Å². The van der Waals surface area contributed by atoms with Crippen molar-refractivity contribution in [1.29, 1.82) is 0 Å². The molecule has 2 nitrogen and oxygen atoms in total. The van der Waals surface area contributed by atoms with E-state index in [4.69, 9.17) is 5.11 Å². The number of rotatable bonds is 4. The normalized spacial score (nSPS) is 39.5. The van der Waals surface area contributed by atoms with Gasteiger partial charge in [-0.2, -0.15) is 0 Å². The molecule has 0 saturated heterocycles. The van der Waals surface area contributed by atoms with E-state index in [1.807, 2.05) is 0 Å². The molecular weight excluding hydrogens is 208 g/mol. The molecule has 3 rings (SSSR count). The highest BCUT2D eigenvalue weighted by atomic mass is 32.2. The Morgan fingerprint density at radius 2 is 2.13 bits per heavy atom. The molecule has 3 heteroatoms.